The molecule has 0 unspecified atom stereocenters. The van der Waals surface area contributed by atoms with Gasteiger partial charge in [-0.15, -0.1) is 0 Å². The molecule has 110 valence electrons. The molecule has 0 aliphatic rings. The second kappa shape index (κ2) is 7.14. The van der Waals surface area contributed by atoms with Crippen molar-refractivity contribution in [1.29, 1.82) is 0 Å². The summed E-state index contributed by atoms with van der Waals surface area (Å²) in [6, 6.07) is 4.89. The number of aryl methyl sites for hydroxylation is 1. The first-order valence-electron chi connectivity index (χ1n) is 6.21. The number of halogens is 1. The lowest BCUT2D eigenvalue weighted by atomic mass is 10.2. The average molecular weight is 300 g/mol. The Labute approximate surface area is 123 Å². The van der Waals surface area contributed by atoms with E-state index in [1.807, 2.05) is 6.92 Å². The van der Waals surface area contributed by atoms with Crippen molar-refractivity contribution in [2.45, 2.75) is 26.8 Å². The fourth-order valence-electron chi connectivity index (χ4n) is 1.70. The lowest BCUT2D eigenvalue weighted by Crippen LogP contribution is -2.43. The summed E-state index contributed by atoms with van der Waals surface area (Å²) in [4.78, 5) is 24.0. The van der Waals surface area contributed by atoms with Gasteiger partial charge in [0, 0.05) is 11.1 Å². The SMILES string of the molecule is Cc1cc(Cl)ccc1OCC(=O)N(CC(=O)O)C(C)C. The molecule has 5 nitrogen and oxygen atoms in total. The lowest BCUT2D eigenvalue weighted by molar-refractivity contribution is -0.146. The smallest absolute Gasteiger partial charge is 0.323 e. The van der Waals surface area contributed by atoms with Crippen LogP contribution in [0.1, 0.15) is 19.4 Å². The Morgan fingerprint density at radius 3 is 2.55 bits per heavy atom. The Balaban J connectivity index is 2.67. The van der Waals surface area contributed by atoms with Gasteiger partial charge in [0.1, 0.15) is 12.3 Å². The van der Waals surface area contributed by atoms with E-state index >= 15 is 0 Å². The van der Waals surface area contributed by atoms with Crippen LogP contribution < -0.4 is 4.74 Å². The van der Waals surface area contributed by atoms with Crippen LogP contribution in [0.5, 0.6) is 5.75 Å². The molecule has 1 N–H and O–H groups in total. The molecule has 0 saturated heterocycles. The minimum atomic E-state index is -1.05. The monoisotopic (exact) mass is 299 g/mol. The van der Waals surface area contributed by atoms with Gasteiger partial charge in [0.05, 0.1) is 0 Å². The number of carboxylic acids is 1. The van der Waals surface area contributed by atoms with E-state index in [4.69, 9.17) is 21.4 Å². The molecular formula is C14H18ClNO4. The molecule has 1 aromatic rings. The quantitative estimate of drug-likeness (QED) is 0.875. The van der Waals surface area contributed by atoms with Gasteiger partial charge in [-0.05, 0) is 44.5 Å². The summed E-state index contributed by atoms with van der Waals surface area (Å²) in [6.45, 7) is 4.80. The highest BCUT2D eigenvalue weighted by Crippen LogP contribution is 2.21. The molecule has 0 radical (unpaired) electrons. The Hall–Kier alpha value is -1.75. The number of nitrogens with zero attached hydrogens (tertiary/aromatic N) is 1. The largest absolute Gasteiger partial charge is 0.483 e. The van der Waals surface area contributed by atoms with Gasteiger partial charge >= 0.3 is 5.97 Å². The first kappa shape index (κ1) is 16.3. The number of hydrogen-bond donors (Lipinski definition) is 1. The molecule has 0 aliphatic heterocycles. The summed E-state index contributed by atoms with van der Waals surface area (Å²) in [6.07, 6.45) is 0. The van der Waals surface area contributed by atoms with Crippen LogP contribution in [-0.4, -0.2) is 41.1 Å². The number of rotatable bonds is 6. The van der Waals surface area contributed by atoms with E-state index in [2.05, 4.69) is 0 Å². The Morgan fingerprint density at radius 2 is 2.05 bits per heavy atom. The first-order valence-corrected chi connectivity index (χ1v) is 6.59. The summed E-state index contributed by atoms with van der Waals surface area (Å²) in [5.74, 6) is -0.853. The van der Waals surface area contributed by atoms with E-state index in [1.54, 1.807) is 32.0 Å². The van der Waals surface area contributed by atoms with Crippen molar-refractivity contribution in [3.05, 3.63) is 28.8 Å². The fraction of sp³-hybridized carbons (Fsp3) is 0.429. The number of carbonyl (C=O) groups is 2. The molecule has 0 atom stereocenters. The number of amides is 1. The third kappa shape index (κ3) is 4.74. The van der Waals surface area contributed by atoms with E-state index in [9.17, 15) is 9.59 Å². The second-order valence-corrected chi connectivity index (χ2v) is 5.14. The molecule has 1 amide bonds. The van der Waals surface area contributed by atoms with E-state index in [0.717, 1.165) is 5.56 Å². The van der Waals surface area contributed by atoms with Crippen molar-refractivity contribution in [3.8, 4) is 5.75 Å². The van der Waals surface area contributed by atoms with Crippen LogP contribution in [-0.2, 0) is 9.59 Å². The van der Waals surface area contributed by atoms with E-state index in [-0.39, 0.29) is 25.1 Å². The molecule has 0 saturated carbocycles. The maximum atomic E-state index is 12.0. The average Bonchev–Trinajstić information content (AvgIpc) is 2.34. The standard InChI is InChI=1S/C14H18ClNO4/c1-9(2)16(7-14(18)19)13(17)8-20-12-5-4-11(15)6-10(12)3/h4-6,9H,7-8H2,1-3H3,(H,18,19). The Kier molecular flexibility index (Phi) is 5.82. The van der Waals surface area contributed by atoms with Crippen LogP contribution in [0.25, 0.3) is 0 Å². The molecule has 0 fully saturated rings. The van der Waals surface area contributed by atoms with Crippen molar-refractivity contribution in [1.82, 2.24) is 4.90 Å². The van der Waals surface area contributed by atoms with Crippen molar-refractivity contribution < 1.29 is 19.4 Å². The van der Waals surface area contributed by atoms with E-state index < -0.39 is 5.97 Å². The number of carboxylic acid groups (broad SMARTS) is 1. The number of ether oxygens (including phenoxy) is 1. The lowest BCUT2D eigenvalue weighted by Gasteiger charge is -2.25. The summed E-state index contributed by atoms with van der Waals surface area (Å²) < 4.78 is 5.42. The van der Waals surface area contributed by atoms with Crippen molar-refractivity contribution >= 4 is 23.5 Å². The number of aliphatic carboxylic acids is 1. The van der Waals surface area contributed by atoms with Crippen molar-refractivity contribution in [2.24, 2.45) is 0 Å². The summed E-state index contributed by atoms with van der Waals surface area (Å²) in [5.41, 5.74) is 0.819. The van der Waals surface area contributed by atoms with Crippen molar-refractivity contribution in [3.63, 3.8) is 0 Å². The predicted molar refractivity (Wildman–Crippen MR) is 76.2 cm³/mol. The maximum Gasteiger partial charge on any atom is 0.323 e. The van der Waals surface area contributed by atoms with Crippen LogP contribution in [0, 0.1) is 6.92 Å². The van der Waals surface area contributed by atoms with Crippen LogP contribution in [0.4, 0.5) is 0 Å². The van der Waals surface area contributed by atoms with Gasteiger partial charge in [0.15, 0.2) is 6.61 Å². The van der Waals surface area contributed by atoms with Crippen LogP contribution in [0.3, 0.4) is 0 Å². The molecule has 1 aromatic carbocycles. The third-order valence-corrected chi connectivity index (χ3v) is 2.97. The highest BCUT2D eigenvalue weighted by atomic mass is 35.5. The van der Waals surface area contributed by atoms with Gasteiger partial charge in [0.2, 0.25) is 0 Å². The zero-order valence-electron chi connectivity index (χ0n) is 11.7. The van der Waals surface area contributed by atoms with Gasteiger partial charge in [-0.1, -0.05) is 11.6 Å². The van der Waals surface area contributed by atoms with Gasteiger partial charge in [0.25, 0.3) is 5.91 Å². The van der Waals surface area contributed by atoms with Crippen LogP contribution >= 0.6 is 11.6 Å². The number of benzene rings is 1. The normalized spacial score (nSPS) is 10.4. The van der Waals surface area contributed by atoms with Crippen molar-refractivity contribution in [2.75, 3.05) is 13.2 Å². The molecule has 20 heavy (non-hydrogen) atoms. The number of hydrogen-bond acceptors (Lipinski definition) is 3. The van der Waals surface area contributed by atoms with E-state index in [0.29, 0.717) is 10.8 Å². The van der Waals surface area contributed by atoms with Gasteiger partial charge in [-0.25, -0.2) is 0 Å². The Morgan fingerprint density at radius 1 is 1.40 bits per heavy atom. The molecule has 1 rings (SSSR count). The first-order chi connectivity index (χ1) is 9.31. The molecule has 6 heteroatoms. The maximum absolute atomic E-state index is 12.0. The molecule has 0 heterocycles. The zero-order chi connectivity index (χ0) is 15.3. The zero-order valence-corrected chi connectivity index (χ0v) is 12.5. The topological polar surface area (TPSA) is 66.8 Å². The molecule has 0 aromatic heterocycles. The Bertz CT molecular complexity index is 502. The highest BCUT2D eigenvalue weighted by molar-refractivity contribution is 6.30. The van der Waals surface area contributed by atoms with E-state index in [1.165, 1.54) is 4.90 Å². The summed E-state index contributed by atoms with van der Waals surface area (Å²) in [5, 5.41) is 9.39. The molecular weight excluding hydrogens is 282 g/mol. The minimum absolute atomic E-state index is 0.200. The molecule has 0 bridgehead atoms. The molecule has 0 spiro atoms. The highest BCUT2D eigenvalue weighted by Gasteiger charge is 2.20. The minimum Gasteiger partial charge on any atom is -0.483 e. The second-order valence-electron chi connectivity index (χ2n) is 4.71. The van der Waals surface area contributed by atoms with Crippen LogP contribution in [0.2, 0.25) is 5.02 Å². The summed E-state index contributed by atoms with van der Waals surface area (Å²) >= 11 is 5.83. The van der Waals surface area contributed by atoms with Gasteiger partial charge in [-0.3, -0.25) is 9.59 Å². The third-order valence-electron chi connectivity index (χ3n) is 2.74. The fourth-order valence-corrected chi connectivity index (χ4v) is 1.93. The van der Waals surface area contributed by atoms with Gasteiger partial charge < -0.3 is 14.7 Å². The van der Waals surface area contributed by atoms with Gasteiger partial charge in [-0.2, -0.15) is 0 Å². The predicted octanol–water partition coefficient (Wildman–Crippen LogP) is 2.35. The number of carbonyl (C=O) groups excluding carboxylic acids is 1. The summed E-state index contributed by atoms with van der Waals surface area (Å²) in [7, 11) is 0. The van der Waals surface area contributed by atoms with Crippen LogP contribution in [0.15, 0.2) is 18.2 Å². The molecule has 0 aliphatic carbocycles.